The molecular formula is C22H23NO2S. The van der Waals surface area contributed by atoms with Crippen LogP contribution in [0.5, 0.6) is 0 Å². The summed E-state index contributed by atoms with van der Waals surface area (Å²) in [5, 5.41) is -0.280. The Kier molecular flexibility index (Phi) is 4.31. The van der Waals surface area contributed by atoms with Crippen molar-refractivity contribution in [1.29, 1.82) is 0 Å². The third kappa shape index (κ3) is 2.64. The van der Waals surface area contributed by atoms with Crippen molar-refractivity contribution in [3.8, 4) is 0 Å². The standard InChI is InChI=1S/C22H23NO2S/c1-15-7-11-19(12-8-15)26(25)20-17-9-10-18(13-17)22(20,21(23)24)14-16-5-3-2-4-6-16/h2-12,17-18,20H,13-14H2,1H3,(H2,23,24)/t17-,18+,20-,22+,26?/m1/s1. The number of nitrogens with two attached hydrogens (primary N) is 1. The fourth-order valence-electron chi connectivity index (χ4n) is 4.67. The van der Waals surface area contributed by atoms with Crippen LogP contribution in [0.3, 0.4) is 0 Å². The molecule has 4 heteroatoms. The van der Waals surface area contributed by atoms with E-state index in [1.54, 1.807) is 0 Å². The second kappa shape index (κ2) is 6.51. The van der Waals surface area contributed by atoms with Gasteiger partial charge in [0.25, 0.3) is 0 Å². The van der Waals surface area contributed by atoms with Gasteiger partial charge in [0, 0.05) is 4.90 Å². The van der Waals surface area contributed by atoms with E-state index in [2.05, 4.69) is 12.2 Å². The first-order chi connectivity index (χ1) is 12.5. The molecule has 0 heterocycles. The van der Waals surface area contributed by atoms with Crippen molar-refractivity contribution in [1.82, 2.24) is 0 Å². The average Bonchev–Trinajstić information content (AvgIpc) is 3.23. The van der Waals surface area contributed by atoms with Crippen molar-refractivity contribution in [3.05, 3.63) is 77.9 Å². The molecule has 0 radical (unpaired) electrons. The molecule has 2 N–H and O–H groups in total. The molecule has 2 aliphatic carbocycles. The van der Waals surface area contributed by atoms with Gasteiger partial charge in [-0.2, -0.15) is 0 Å². The molecule has 1 saturated carbocycles. The van der Waals surface area contributed by atoms with Gasteiger partial charge in [0.05, 0.1) is 21.5 Å². The van der Waals surface area contributed by atoms with Crippen LogP contribution in [0, 0.1) is 24.2 Å². The summed E-state index contributed by atoms with van der Waals surface area (Å²) in [7, 11) is -1.28. The molecule has 2 bridgehead atoms. The van der Waals surface area contributed by atoms with Gasteiger partial charge in [0.1, 0.15) is 0 Å². The van der Waals surface area contributed by atoms with Crippen LogP contribution in [0.15, 0.2) is 71.6 Å². The van der Waals surface area contributed by atoms with Crippen LogP contribution in [0.25, 0.3) is 0 Å². The molecule has 2 aromatic carbocycles. The van der Waals surface area contributed by atoms with Crippen molar-refractivity contribution in [2.45, 2.75) is 29.9 Å². The minimum absolute atomic E-state index is 0.0598. The van der Waals surface area contributed by atoms with Crippen LogP contribution in [-0.4, -0.2) is 15.4 Å². The summed E-state index contributed by atoms with van der Waals surface area (Å²) in [6.45, 7) is 2.01. The Labute approximate surface area is 156 Å². The number of primary amides is 1. The SMILES string of the molecule is Cc1ccc(S(=O)[C@@H]2[C@@H]3C=C[C@@H](C3)[C@]2(Cc2ccccc2)C(N)=O)cc1. The van der Waals surface area contributed by atoms with Gasteiger partial charge in [-0.1, -0.05) is 60.2 Å². The Balaban J connectivity index is 1.78. The van der Waals surface area contributed by atoms with Crippen molar-refractivity contribution in [3.63, 3.8) is 0 Å². The maximum Gasteiger partial charge on any atom is 0.225 e. The Hall–Kier alpha value is -2.20. The number of amides is 1. The van der Waals surface area contributed by atoms with Crippen LogP contribution in [0.2, 0.25) is 0 Å². The number of fused-ring (bicyclic) bond motifs is 2. The molecule has 26 heavy (non-hydrogen) atoms. The zero-order chi connectivity index (χ0) is 18.3. The number of hydrogen-bond acceptors (Lipinski definition) is 2. The molecule has 4 rings (SSSR count). The monoisotopic (exact) mass is 365 g/mol. The molecule has 1 fully saturated rings. The molecule has 1 unspecified atom stereocenters. The number of aryl methyl sites for hydroxylation is 1. The van der Waals surface area contributed by atoms with Gasteiger partial charge in [-0.05, 0) is 49.3 Å². The molecule has 0 saturated heterocycles. The maximum atomic E-state index is 13.5. The van der Waals surface area contributed by atoms with E-state index < -0.39 is 16.2 Å². The van der Waals surface area contributed by atoms with E-state index in [0.29, 0.717) is 6.42 Å². The van der Waals surface area contributed by atoms with Crippen LogP contribution in [0.1, 0.15) is 17.5 Å². The van der Waals surface area contributed by atoms with E-state index in [4.69, 9.17) is 5.73 Å². The van der Waals surface area contributed by atoms with Crippen LogP contribution >= 0.6 is 0 Å². The molecule has 3 nitrogen and oxygen atoms in total. The predicted molar refractivity (Wildman–Crippen MR) is 104 cm³/mol. The summed E-state index contributed by atoms with van der Waals surface area (Å²) in [5.41, 5.74) is 7.39. The highest BCUT2D eigenvalue weighted by Gasteiger charge is 2.61. The summed E-state index contributed by atoms with van der Waals surface area (Å²) < 4.78 is 13.5. The molecule has 2 aliphatic rings. The van der Waals surface area contributed by atoms with Crippen LogP contribution < -0.4 is 5.73 Å². The van der Waals surface area contributed by atoms with E-state index in [1.807, 2.05) is 61.5 Å². The Morgan fingerprint density at radius 2 is 1.81 bits per heavy atom. The largest absolute Gasteiger partial charge is 0.369 e. The third-order valence-electron chi connectivity index (χ3n) is 5.96. The van der Waals surface area contributed by atoms with Gasteiger partial charge in [0.2, 0.25) is 5.91 Å². The molecule has 0 spiro atoms. The zero-order valence-electron chi connectivity index (χ0n) is 14.8. The number of rotatable bonds is 5. The fraction of sp³-hybridized carbons (Fsp3) is 0.318. The summed E-state index contributed by atoms with van der Waals surface area (Å²) in [4.78, 5) is 13.5. The second-order valence-corrected chi connectivity index (χ2v) is 9.06. The highest BCUT2D eigenvalue weighted by molar-refractivity contribution is 7.85. The number of benzene rings is 2. The quantitative estimate of drug-likeness (QED) is 0.826. The van der Waals surface area contributed by atoms with E-state index in [0.717, 1.165) is 22.4 Å². The van der Waals surface area contributed by atoms with Gasteiger partial charge < -0.3 is 5.73 Å². The molecule has 1 amide bonds. The molecular weight excluding hydrogens is 342 g/mol. The highest BCUT2D eigenvalue weighted by Crippen LogP contribution is 2.56. The second-order valence-electron chi connectivity index (χ2n) is 7.49. The normalized spacial score (nSPS) is 30.4. The van der Waals surface area contributed by atoms with E-state index in [9.17, 15) is 9.00 Å². The first-order valence-corrected chi connectivity index (χ1v) is 10.2. The average molecular weight is 365 g/mol. The summed E-state index contributed by atoms with van der Waals surface area (Å²) in [6, 6.07) is 17.7. The minimum Gasteiger partial charge on any atom is -0.369 e. The lowest BCUT2D eigenvalue weighted by Gasteiger charge is -2.39. The van der Waals surface area contributed by atoms with Crippen molar-refractivity contribution < 1.29 is 9.00 Å². The first kappa shape index (κ1) is 17.2. The molecule has 134 valence electrons. The van der Waals surface area contributed by atoms with Crippen molar-refractivity contribution >= 4 is 16.7 Å². The lowest BCUT2D eigenvalue weighted by Crippen LogP contribution is -2.52. The van der Waals surface area contributed by atoms with Gasteiger partial charge in [-0.25, -0.2) is 0 Å². The molecule has 0 aliphatic heterocycles. The number of hydrogen-bond donors (Lipinski definition) is 1. The highest BCUT2D eigenvalue weighted by atomic mass is 32.2. The topological polar surface area (TPSA) is 60.2 Å². The number of carbonyl (C=O) groups excluding carboxylic acids is 1. The third-order valence-corrected chi connectivity index (χ3v) is 7.93. The molecule has 2 aromatic rings. The van der Waals surface area contributed by atoms with Crippen molar-refractivity contribution in [2.24, 2.45) is 23.0 Å². The maximum absolute atomic E-state index is 13.5. The fourth-order valence-corrected chi connectivity index (χ4v) is 6.64. The lowest BCUT2D eigenvalue weighted by atomic mass is 9.70. The number of allylic oxidation sites excluding steroid dienone is 2. The van der Waals surface area contributed by atoms with Gasteiger partial charge >= 0.3 is 0 Å². The van der Waals surface area contributed by atoms with E-state index >= 15 is 0 Å². The summed E-state index contributed by atoms with van der Waals surface area (Å²) in [5.74, 6) is -0.133. The lowest BCUT2D eigenvalue weighted by molar-refractivity contribution is -0.128. The zero-order valence-corrected chi connectivity index (χ0v) is 15.6. The summed E-state index contributed by atoms with van der Waals surface area (Å²) >= 11 is 0. The van der Waals surface area contributed by atoms with Crippen LogP contribution in [0.4, 0.5) is 0 Å². The Morgan fingerprint density at radius 3 is 2.46 bits per heavy atom. The van der Waals surface area contributed by atoms with Crippen molar-refractivity contribution in [2.75, 3.05) is 0 Å². The van der Waals surface area contributed by atoms with E-state index in [-0.39, 0.29) is 23.0 Å². The minimum atomic E-state index is -1.28. The van der Waals surface area contributed by atoms with E-state index in [1.165, 1.54) is 0 Å². The Bertz CT molecular complexity index is 875. The molecule has 0 aromatic heterocycles. The molecule has 5 atom stereocenters. The smallest absolute Gasteiger partial charge is 0.225 e. The first-order valence-electron chi connectivity index (χ1n) is 9.02. The summed E-state index contributed by atoms with van der Waals surface area (Å²) in [6.07, 6.45) is 5.64. The Morgan fingerprint density at radius 1 is 1.12 bits per heavy atom. The van der Waals surface area contributed by atoms with Gasteiger partial charge in [-0.15, -0.1) is 0 Å². The predicted octanol–water partition coefficient (Wildman–Crippen LogP) is 3.39. The van der Waals surface area contributed by atoms with Gasteiger partial charge in [0.15, 0.2) is 0 Å². The van der Waals surface area contributed by atoms with Gasteiger partial charge in [-0.3, -0.25) is 9.00 Å². The van der Waals surface area contributed by atoms with Crippen LogP contribution in [-0.2, 0) is 22.0 Å². The number of carbonyl (C=O) groups is 1.